The molecule has 5 nitrogen and oxygen atoms in total. The van der Waals surface area contributed by atoms with E-state index in [1.807, 2.05) is 6.07 Å². The van der Waals surface area contributed by atoms with Crippen molar-refractivity contribution in [2.45, 2.75) is 6.54 Å². The highest BCUT2D eigenvalue weighted by Gasteiger charge is 2.04. The molecule has 0 amide bonds. The smallest absolute Gasteiger partial charge is 0.253 e. The van der Waals surface area contributed by atoms with Gasteiger partial charge < -0.3 is 4.74 Å². The first-order chi connectivity index (χ1) is 8.74. The Kier molecular flexibility index (Phi) is 3.39. The molecule has 1 aromatic carbocycles. The standard InChI is InChI=1S/C13H11N3O2/c1-18-12-6-10(2-3-11(12)7-14)8-16-9-15-5-4-13(16)17/h2-6,9H,8H2,1H3. The molecule has 0 aliphatic rings. The van der Waals surface area contributed by atoms with E-state index < -0.39 is 0 Å². The van der Waals surface area contributed by atoms with Crippen LogP contribution in [-0.2, 0) is 6.54 Å². The van der Waals surface area contributed by atoms with Crippen LogP contribution in [0.5, 0.6) is 5.75 Å². The van der Waals surface area contributed by atoms with Crippen molar-refractivity contribution in [1.29, 1.82) is 5.26 Å². The molecular weight excluding hydrogens is 230 g/mol. The first-order valence-electron chi connectivity index (χ1n) is 5.32. The van der Waals surface area contributed by atoms with Crippen LogP contribution >= 0.6 is 0 Å². The maximum Gasteiger partial charge on any atom is 0.253 e. The Morgan fingerprint density at radius 3 is 2.94 bits per heavy atom. The van der Waals surface area contributed by atoms with Crippen LogP contribution in [0, 0.1) is 11.3 Å². The summed E-state index contributed by atoms with van der Waals surface area (Å²) in [6.45, 7) is 0.398. The second-order valence-corrected chi connectivity index (χ2v) is 3.69. The van der Waals surface area contributed by atoms with Crippen molar-refractivity contribution in [3.8, 4) is 11.8 Å². The highest BCUT2D eigenvalue weighted by Crippen LogP contribution is 2.19. The Balaban J connectivity index is 2.34. The minimum Gasteiger partial charge on any atom is -0.495 e. The van der Waals surface area contributed by atoms with Gasteiger partial charge in [-0.25, -0.2) is 4.98 Å². The van der Waals surface area contributed by atoms with Crippen LogP contribution in [0.25, 0.3) is 0 Å². The quantitative estimate of drug-likeness (QED) is 0.809. The van der Waals surface area contributed by atoms with Gasteiger partial charge in [0.05, 0.1) is 25.5 Å². The summed E-state index contributed by atoms with van der Waals surface area (Å²) in [6.07, 6.45) is 2.94. The van der Waals surface area contributed by atoms with Gasteiger partial charge >= 0.3 is 0 Å². The van der Waals surface area contributed by atoms with E-state index in [2.05, 4.69) is 4.98 Å². The molecule has 0 saturated carbocycles. The van der Waals surface area contributed by atoms with Gasteiger partial charge in [0.15, 0.2) is 0 Å². The zero-order chi connectivity index (χ0) is 13.0. The van der Waals surface area contributed by atoms with Crippen molar-refractivity contribution in [2.75, 3.05) is 7.11 Å². The van der Waals surface area contributed by atoms with E-state index in [9.17, 15) is 4.79 Å². The summed E-state index contributed by atoms with van der Waals surface area (Å²) < 4.78 is 6.61. The van der Waals surface area contributed by atoms with E-state index in [1.165, 1.54) is 30.3 Å². The van der Waals surface area contributed by atoms with Crippen molar-refractivity contribution in [2.24, 2.45) is 0 Å². The summed E-state index contributed by atoms with van der Waals surface area (Å²) in [5.74, 6) is 0.506. The van der Waals surface area contributed by atoms with Crippen LogP contribution < -0.4 is 10.3 Å². The van der Waals surface area contributed by atoms with Crippen LogP contribution in [0.3, 0.4) is 0 Å². The van der Waals surface area contributed by atoms with Gasteiger partial charge in [-0.3, -0.25) is 9.36 Å². The molecule has 18 heavy (non-hydrogen) atoms. The molecule has 0 aliphatic carbocycles. The molecule has 0 unspecified atom stereocenters. The predicted molar refractivity (Wildman–Crippen MR) is 65.3 cm³/mol. The van der Waals surface area contributed by atoms with Crippen molar-refractivity contribution in [3.63, 3.8) is 0 Å². The van der Waals surface area contributed by atoms with Crippen molar-refractivity contribution >= 4 is 0 Å². The SMILES string of the molecule is COc1cc(Cn2cnccc2=O)ccc1C#N. The third kappa shape index (κ3) is 2.38. The lowest BCUT2D eigenvalue weighted by atomic mass is 10.1. The molecule has 0 aliphatic heterocycles. The fraction of sp³-hybridized carbons (Fsp3) is 0.154. The highest BCUT2D eigenvalue weighted by atomic mass is 16.5. The molecule has 2 rings (SSSR count). The number of methoxy groups -OCH3 is 1. The molecule has 0 fully saturated rings. The zero-order valence-electron chi connectivity index (χ0n) is 9.83. The van der Waals surface area contributed by atoms with Crippen molar-refractivity contribution in [3.05, 3.63) is 58.3 Å². The van der Waals surface area contributed by atoms with Gasteiger partial charge in [-0.05, 0) is 17.7 Å². The normalized spacial score (nSPS) is 9.78. The number of hydrogen-bond donors (Lipinski definition) is 0. The maximum atomic E-state index is 11.5. The summed E-state index contributed by atoms with van der Waals surface area (Å²) in [5.41, 5.74) is 1.23. The first-order valence-corrected chi connectivity index (χ1v) is 5.32. The number of ether oxygens (including phenoxy) is 1. The summed E-state index contributed by atoms with van der Waals surface area (Å²) >= 11 is 0. The number of nitrogens with zero attached hydrogens (tertiary/aromatic N) is 3. The summed E-state index contributed by atoms with van der Waals surface area (Å²) in [5, 5.41) is 8.88. The number of hydrogen-bond acceptors (Lipinski definition) is 4. The first kappa shape index (κ1) is 11.9. The molecule has 5 heteroatoms. The van der Waals surface area contributed by atoms with E-state index >= 15 is 0 Å². The third-order valence-corrected chi connectivity index (χ3v) is 2.53. The Hall–Kier alpha value is -2.61. The monoisotopic (exact) mass is 241 g/mol. The summed E-state index contributed by atoms with van der Waals surface area (Å²) in [6, 6.07) is 8.66. The van der Waals surface area contributed by atoms with Crippen LogP contribution in [0.1, 0.15) is 11.1 Å². The fourth-order valence-electron chi connectivity index (χ4n) is 1.62. The predicted octanol–water partition coefficient (Wildman–Crippen LogP) is 1.17. The minimum absolute atomic E-state index is 0.117. The lowest BCUT2D eigenvalue weighted by Crippen LogP contribution is -2.19. The van der Waals surface area contributed by atoms with Gasteiger partial charge in [-0.1, -0.05) is 6.07 Å². The molecule has 0 N–H and O–H groups in total. The lowest BCUT2D eigenvalue weighted by Gasteiger charge is -2.07. The highest BCUT2D eigenvalue weighted by molar-refractivity contribution is 5.45. The van der Waals surface area contributed by atoms with Gasteiger partial charge in [0.2, 0.25) is 0 Å². The van der Waals surface area contributed by atoms with Crippen LogP contribution in [0.15, 0.2) is 41.6 Å². The lowest BCUT2D eigenvalue weighted by molar-refractivity contribution is 0.412. The number of aromatic nitrogens is 2. The minimum atomic E-state index is -0.117. The molecule has 0 spiro atoms. The average Bonchev–Trinajstić information content (AvgIpc) is 2.41. The van der Waals surface area contributed by atoms with E-state index in [1.54, 1.807) is 18.2 Å². The molecule has 0 atom stereocenters. The average molecular weight is 241 g/mol. The van der Waals surface area contributed by atoms with Gasteiger partial charge in [0.1, 0.15) is 11.8 Å². The number of benzene rings is 1. The molecule has 1 heterocycles. The number of nitriles is 1. The van der Waals surface area contributed by atoms with E-state index in [0.29, 0.717) is 17.9 Å². The van der Waals surface area contributed by atoms with Crippen LogP contribution in [-0.4, -0.2) is 16.7 Å². The van der Waals surface area contributed by atoms with Gasteiger partial charge in [0.25, 0.3) is 5.56 Å². The van der Waals surface area contributed by atoms with Crippen LogP contribution in [0.2, 0.25) is 0 Å². The molecule has 2 aromatic rings. The number of rotatable bonds is 3. The second-order valence-electron chi connectivity index (χ2n) is 3.69. The molecule has 90 valence electrons. The Morgan fingerprint density at radius 1 is 1.44 bits per heavy atom. The fourth-order valence-corrected chi connectivity index (χ4v) is 1.62. The summed E-state index contributed by atoms with van der Waals surface area (Å²) in [7, 11) is 1.51. The van der Waals surface area contributed by atoms with Gasteiger partial charge in [0, 0.05) is 12.3 Å². The second kappa shape index (κ2) is 5.15. The topological polar surface area (TPSA) is 67.9 Å². The Labute approximate surface area is 104 Å². The molecule has 0 saturated heterocycles. The third-order valence-electron chi connectivity index (χ3n) is 2.53. The van der Waals surface area contributed by atoms with Crippen molar-refractivity contribution < 1.29 is 4.74 Å². The molecular formula is C13H11N3O2. The molecule has 1 aromatic heterocycles. The van der Waals surface area contributed by atoms with Gasteiger partial charge in [-0.15, -0.1) is 0 Å². The van der Waals surface area contributed by atoms with Gasteiger partial charge in [-0.2, -0.15) is 5.26 Å². The maximum absolute atomic E-state index is 11.5. The van der Waals surface area contributed by atoms with Crippen LogP contribution in [0.4, 0.5) is 0 Å². The van der Waals surface area contributed by atoms with E-state index in [4.69, 9.17) is 10.00 Å². The largest absolute Gasteiger partial charge is 0.495 e. The van der Waals surface area contributed by atoms with Crippen molar-refractivity contribution in [1.82, 2.24) is 9.55 Å². The molecule has 0 bridgehead atoms. The Bertz CT molecular complexity index is 656. The molecule has 0 radical (unpaired) electrons. The van der Waals surface area contributed by atoms with E-state index in [-0.39, 0.29) is 5.56 Å². The van der Waals surface area contributed by atoms with E-state index in [0.717, 1.165) is 5.56 Å². The summed E-state index contributed by atoms with van der Waals surface area (Å²) in [4.78, 5) is 15.4. The zero-order valence-corrected chi connectivity index (χ0v) is 9.83. The Morgan fingerprint density at radius 2 is 2.28 bits per heavy atom.